The number of hydrogen-bond donors (Lipinski definition) is 1. The van der Waals surface area contributed by atoms with E-state index in [1.54, 1.807) is 6.92 Å². The van der Waals surface area contributed by atoms with Crippen molar-refractivity contribution in [1.29, 1.82) is 0 Å². The van der Waals surface area contributed by atoms with Crippen molar-refractivity contribution in [2.45, 2.75) is 13.0 Å². The van der Waals surface area contributed by atoms with Gasteiger partial charge in [0.25, 0.3) is 0 Å². The molecule has 0 aromatic rings. The molecule has 0 fully saturated rings. The Balaban J connectivity index is 4.32. The van der Waals surface area contributed by atoms with Gasteiger partial charge in [0.2, 0.25) is 6.41 Å². The molecule has 0 radical (unpaired) electrons. The highest BCUT2D eigenvalue weighted by Crippen LogP contribution is 1.92. The van der Waals surface area contributed by atoms with Gasteiger partial charge in [0.15, 0.2) is 12.3 Å². The Morgan fingerprint density at radius 2 is 2.18 bits per heavy atom. The summed E-state index contributed by atoms with van der Waals surface area (Å²) in [6.45, 7) is 1.80. The van der Waals surface area contributed by atoms with E-state index < -0.39 is 12.0 Å². The zero-order valence-corrected chi connectivity index (χ0v) is 6.06. The van der Waals surface area contributed by atoms with Crippen molar-refractivity contribution < 1.29 is 19.5 Å². The lowest BCUT2D eigenvalue weighted by Crippen LogP contribution is -2.41. The monoisotopic (exact) mass is 159 g/mol. The number of aldehydes is 1. The van der Waals surface area contributed by atoms with Gasteiger partial charge in [0.1, 0.15) is 0 Å². The van der Waals surface area contributed by atoms with Crippen LogP contribution in [0.2, 0.25) is 0 Å². The first-order valence-electron chi connectivity index (χ1n) is 3.06. The number of likely N-dealkylation sites (N-methyl/N-ethyl adjacent to an activating group) is 1. The second-order valence-corrected chi connectivity index (χ2v) is 1.86. The first kappa shape index (κ1) is 9.61. The van der Waals surface area contributed by atoms with Crippen LogP contribution in [-0.2, 0) is 14.4 Å². The fraction of sp³-hybridized carbons (Fsp3) is 0.500. The maximum absolute atomic E-state index is 10.3. The van der Waals surface area contributed by atoms with Gasteiger partial charge in [-0.05, 0) is 6.92 Å². The van der Waals surface area contributed by atoms with E-state index in [4.69, 9.17) is 5.11 Å². The average Bonchev–Trinajstić information content (AvgIpc) is 1.99. The lowest BCUT2D eigenvalue weighted by molar-refractivity contribution is -0.148. The summed E-state index contributed by atoms with van der Waals surface area (Å²) in [5, 5.41) is 8.37. The van der Waals surface area contributed by atoms with Crippen LogP contribution in [0, 0.1) is 0 Å². The van der Waals surface area contributed by atoms with Crippen LogP contribution in [0.15, 0.2) is 0 Å². The molecule has 0 rings (SSSR count). The Kier molecular flexibility index (Phi) is 3.87. The first-order valence-corrected chi connectivity index (χ1v) is 3.06. The number of amides is 1. The van der Waals surface area contributed by atoms with Crippen LogP contribution in [0.25, 0.3) is 0 Å². The van der Waals surface area contributed by atoms with Crippen LogP contribution in [0.5, 0.6) is 0 Å². The van der Waals surface area contributed by atoms with Gasteiger partial charge < -0.3 is 14.8 Å². The van der Waals surface area contributed by atoms with Crippen LogP contribution in [0.3, 0.4) is 0 Å². The van der Waals surface area contributed by atoms with Crippen LogP contribution < -0.4 is 0 Å². The summed E-state index contributed by atoms with van der Waals surface area (Å²) in [5.41, 5.74) is 0. The molecule has 0 aromatic heterocycles. The summed E-state index contributed by atoms with van der Waals surface area (Å²) in [7, 11) is 0. The molecule has 0 aliphatic heterocycles. The zero-order valence-electron chi connectivity index (χ0n) is 6.06. The average molecular weight is 159 g/mol. The van der Waals surface area contributed by atoms with E-state index in [2.05, 4.69) is 0 Å². The third-order valence-electron chi connectivity index (χ3n) is 1.24. The van der Waals surface area contributed by atoms with Crippen LogP contribution in [0.4, 0.5) is 0 Å². The molecule has 5 heteroatoms. The molecule has 1 atom stereocenters. The summed E-state index contributed by atoms with van der Waals surface area (Å²) in [4.78, 5) is 31.4. The molecule has 0 unspecified atom stereocenters. The molecular formula is C6H9NO4. The van der Waals surface area contributed by atoms with Crippen molar-refractivity contribution in [3.05, 3.63) is 0 Å². The Morgan fingerprint density at radius 1 is 1.64 bits per heavy atom. The standard InChI is InChI=1S/C6H9NO4/c1-2-7(4-9)5(3-8)6(10)11/h3-5H,2H2,1H3,(H,10,11)/t5-/m0/s1. The number of carboxylic acid groups (broad SMARTS) is 1. The third-order valence-corrected chi connectivity index (χ3v) is 1.24. The molecule has 0 heterocycles. The van der Waals surface area contributed by atoms with E-state index in [0.29, 0.717) is 6.41 Å². The van der Waals surface area contributed by atoms with E-state index in [1.807, 2.05) is 0 Å². The molecular weight excluding hydrogens is 150 g/mol. The van der Waals surface area contributed by atoms with E-state index in [9.17, 15) is 14.4 Å². The summed E-state index contributed by atoms with van der Waals surface area (Å²) in [5.74, 6) is -1.31. The largest absolute Gasteiger partial charge is 0.479 e. The molecule has 0 saturated carbocycles. The molecule has 0 aliphatic carbocycles. The number of hydrogen-bond acceptors (Lipinski definition) is 3. The lowest BCUT2D eigenvalue weighted by atomic mass is 10.3. The molecule has 5 nitrogen and oxygen atoms in total. The number of rotatable bonds is 5. The highest BCUT2D eigenvalue weighted by molar-refractivity contribution is 5.92. The topological polar surface area (TPSA) is 74.7 Å². The molecule has 11 heavy (non-hydrogen) atoms. The quantitative estimate of drug-likeness (QED) is 0.417. The Bertz CT molecular complexity index is 168. The van der Waals surface area contributed by atoms with E-state index >= 15 is 0 Å². The second-order valence-electron chi connectivity index (χ2n) is 1.86. The number of carbonyl (C=O) groups excluding carboxylic acids is 2. The van der Waals surface area contributed by atoms with Gasteiger partial charge in [-0.1, -0.05) is 0 Å². The van der Waals surface area contributed by atoms with Crippen molar-refractivity contribution >= 4 is 18.7 Å². The molecule has 0 spiro atoms. The summed E-state index contributed by atoms with van der Waals surface area (Å²) < 4.78 is 0. The van der Waals surface area contributed by atoms with Crippen LogP contribution >= 0.6 is 0 Å². The lowest BCUT2D eigenvalue weighted by Gasteiger charge is -2.17. The van der Waals surface area contributed by atoms with Gasteiger partial charge in [0.05, 0.1) is 0 Å². The zero-order chi connectivity index (χ0) is 8.85. The van der Waals surface area contributed by atoms with Crippen molar-refractivity contribution in [3.63, 3.8) is 0 Å². The molecule has 1 N–H and O–H groups in total. The first-order chi connectivity index (χ1) is 5.17. The fourth-order valence-electron chi connectivity index (χ4n) is 0.615. The molecule has 0 aliphatic rings. The number of aliphatic carboxylic acids is 1. The van der Waals surface area contributed by atoms with Crippen molar-refractivity contribution in [1.82, 2.24) is 4.90 Å². The normalized spacial score (nSPS) is 11.7. The molecule has 62 valence electrons. The minimum Gasteiger partial charge on any atom is -0.479 e. The Morgan fingerprint density at radius 3 is 2.27 bits per heavy atom. The Labute approximate surface area is 63.6 Å². The maximum Gasteiger partial charge on any atom is 0.333 e. The van der Waals surface area contributed by atoms with Gasteiger partial charge in [-0.3, -0.25) is 4.79 Å². The molecule has 0 bridgehead atoms. The number of carboxylic acids is 1. The summed E-state index contributed by atoms with van der Waals surface area (Å²) >= 11 is 0. The highest BCUT2D eigenvalue weighted by Gasteiger charge is 2.21. The van der Waals surface area contributed by atoms with Crippen LogP contribution in [-0.4, -0.2) is 41.3 Å². The fourth-order valence-corrected chi connectivity index (χ4v) is 0.615. The molecule has 0 aromatic carbocycles. The molecule has 0 saturated heterocycles. The minimum absolute atomic E-state index is 0.208. The number of carbonyl (C=O) groups is 3. The van der Waals surface area contributed by atoms with Crippen molar-refractivity contribution in [3.8, 4) is 0 Å². The van der Waals surface area contributed by atoms with E-state index in [0.717, 1.165) is 4.90 Å². The third kappa shape index (κ3) is 2.37. The maximum atomic E-state index is 10.3. The summed E-state index contributed by atoms with van der Waals surface area (Å²) in [6.07, 6.45) is 0.563. The predicted octanol–water partition coefficient (Wildman–Crippen LogP) is -0.883. The van der Waals surface area contributed by atoms with Gasteiger partial charge in [-0.15, -0.1) is 0 Å². The Hall–Kier alpha value is -1.39. The van der Waals surface area contributed by atoms with E-state index in [1.165, 1.54) is 0 Å². The predicted molar refractivity (Wildman–Crippen MR) is 35.9 cm³/mol. The SMILES string of the molecule is CCN(C=O)[C@@H](C=O)C(=O)O. The van der Waals surface area contributed by atoms with Gasteiger partial charge in [-0.2, -0.15) is 0 Å². The van der Waals surface area contributed by atoms with Gasteiger partial charge in [0, 0.05) is 6.54 Å². The second kappa shape index (κ2) is 4.43. The van der Waals surface area contributed by atoms with Gasteiger partial charge in [-0.25, -0.2) is 4.79 Å². The number of nitrogens with zero attached hydrogens (tertiary/aromatic N) is 1. The highest BCUT2D eigenvalue weighted by atomic mass is 16.4. The van der Waals surface area contributed by atoms with Gasteiger partial charge >= 0.3 is 5.97 Å². The molecule has 1 amide bonds. The van der Waals surface area contributed by atoms with Crippen molar-refractivity contribution in [2.24, 2.45) is 0 Å². The van der Waals surface area contributed by atoms with E-state index in [-0.39, 0.29) is 12.8 Å². The minimum atomic E-state index is -1.35. The smallest absolute Gasteiger partial charge is 0.333 e. The summed E-state index contributed by atoms with van der Waals surface area (Å²) in [6, 6.07) is -1.35. The van der Waals surface area contributed by atoms with Crippen LogP contribution in [0.1, 0.15) is 6.92 Å². The van der Waals surface area contributed by atoms with Crippen molar-refractivity contribution in [2.75, 3.05) is 6.54 Å².